The monoisotopic (exact) mass is 573 g/mol. The summed E-state index contributed by atoms with van der Waals surface area (Å²) in [6.45, 7) is 1.08. The highest BCUT2D eigenvalue weighted by atomic mass is 16.5. The quantitative estimate of drug-likeness (QED) is 0.202. The molecule has 0 fully saturated rings. The lowest BCUT2D eigenvalue weighted by atomic mass is 9.70. The fraction of sp³-hybridized carbons (Fsp3) is 0.237. The maximum Gasteiger partial charge on any atom is 0.323 e. The summed E-state index contributed by atoms with van der Waals surface area (Å²) in [6, 6.07) is 38.9. The summed E-state index contributed by atoms with van der Waals surface area (Å²) in [5.74, 6) is -0.349. The van der Waals surface area contributed by atoms with Gasteiger partial charge < -0.3 is 14.9 Å². The van der Waals surface area contributed by atoms with Crippen LogP contribution in [0.5, 0.6) is 0 Å². The molecule has 3 atom stereocenters. The number of carbonyl (C=O) groups excluding carboxylic acids is 1. The van der Waals surface area contributed by atoms with Crippen LogP contribution < -0.4 is 0 Å². The summed E-state index contributed by atoms with van der Waals surface area (Å²) in [5, 5.41) is 24.3. The largest absolute Gasteiger partial charge is 0.468 e. The predicted octanol–water partition coefficient (Wildman–Crippen LogP) is 6.06. The molecule has 0 aliphatic heterocycles. The molecule has 0 bridgehead atoms. The number of aliphatic hydroxyl groups is 2. The van der Waals surface area contributed by atoms with Gasteiger partial charge in [0, 0.05) is 25.9 Å². The average Bonchev–Trinajstić information content (AvgIpc) is 3.03. The number of nitrogens with zero attached hydrogens (tertiary/aromatic N) is 1. The highest BCUT2D eigenvalue weighted by molar-refractivity contribution is 5.76. The van der Waals surface area contributed by atoms with E-state index in [-0.39, 0.29) is 18.8 Å². The summed E-state index contributed by atoms with van der Waals surface area (Å²) < 4.78 is 5.33. The van der Waals surface area contributed by atoms with E-state index in [0.29, 0.717) is 19.5 Å². The Bertz CT molecular complexity index is 1480. The molecule has 4 aromatic carbocycles. The predicted molar refractivity (Wildman–Crippen MR) is 170 cm³/mol. The van der Waals surface area contributed by atoms with Gasteiger partial charge in [-0.2, -0.15) is 0 Å². The van der Waals surface area contributed by atoms with E-state index in [1.54, 1.807) is 12.2 Å². The second kappa shape index (κ2) is 13.8. The van der Waals surface area contributed by atoms with Crippen molar-refractivity contribution in [2.75, 3.05) is 7.11 Å². The summed E-state index contributed by atoms with van der Waals surface area (Å²) >= 11 is 0. The van der Waals surface area contributed by atoms with E-state index in [1.165, 1.54) is 7.11 Å². The first-order chi connectivity index (χ1) is 20.9. The first kappa shape index (κ1) is 30.2. The second-order valence-corrected chi connectivity index (χ2v) is 11.3. The zero-order valence-corrected chi connectivity index (χ0v) is 24.6. The lowest BCUT2D eigenvalue weighted by molar-refractivity contribution is -0.147. The van der Waals surface area contributed by atoms with Gasteiger partial charge in [-0.15, -0.1) is 0 Å². The fourth-order valence-electron chi connectivity index (χ4n) is 5.86. The molecule has 5 nitrogen and oxygen atoms in total. The van der Waals surface area contributed by atoms with Gasteiger partial charge in [-0.1, -0.05) is 127 Å². The van der Waals surface area contributed by atoms with Crippen LogP contribution in [-0.2, 0) is 35.5 Å². The van der Waals surface area contributed by atoms with Gasteiger partial charge in [-0.25, -0.2) is 0 Å². The number of allylic oxidation sites excluding steroid dienone is 1. The number of carbonyl (C=O) groups is 1. The van der Waals surface area contributed by atoms with Crippen LogP contribution in [0.15, 0.2) is 145 Å². The lowest BCUT2D eigenvalue weighted by Gasteiger charge is -2.43. The summed E-state index contributed by atoms with van der Waals surface area (Å²) in [5.41, 5.74) is 1.58. The molecule has 3 unspecified atom stereocenters. The molecular formula is C38H39NO4. The molecule has 4 aromatic rings. The van der Waals surface area contributed by atoms with Crippen LogP contribution >= 0.6 is 0 Å². The van der Waals surface area contributed by atoms with Crippen LogP contribution in [-0.4, -0.2) is 45.4 Å². The van der Waals surface area contributed by atoms with Crippen molar-refractivity contribution in [2.45, 2.75) is 49.6 Å². The van der Waals surface area contributed by atoms with Crippen LogP contribution in [0.1, 0.15) is 28.7 Å². The number of hydrogen-bond donors (Lipinski definition) is 2. The van der Waals surface area contributed by atoms with Crippen molar-refractivity contribution in [1.29, 1.82) is 0 Å². The highest BCUT2D eigenvalue weighted by Crippen LogP contribution is 2.38. The lowest BCUT2D eigenvalue weighted by Crippen LogP contribution is -2.56. The van der Waals surface area contributed by atoms with Crippen LogP contribution in [0.3, 0.4) is 0 Å². The van der Waals surface area contributed by atoms with Crippen LogP contribution in [0.2, 0.25) is 0 Å². The Labute approximate surface area is 254 Å². The number of methoxy groups -OCH3 is 1. The van der Waals surface area contributed by atoms with Crippen molar-refractivity contribution in [1.82, 2.24) is 4.90 Å². The third-order valence-corrected chi connectivity index (χ3v) is 8.18. The third kappa shape index (κ3) is 7.57. The molecule has 0 saturated heterocycles. The number of benzene rings is 4. The highest BCUT2D eigenvalue weighted by Gasteiger charge is 2.48. The number of ether oxygens (including phenoxy) is 1. The van der Waals surface area contributed by atoms with Gasteiger partial charge >= 0.3 is 5.97 Å². The Balaban J connectivity index is 1.49. The zero-order valence-electron chi connectivity index (χ0n) is 24.6. The second-order valence-electron chi connectivity index (χ2n) is 11.3. The molecule has 0 spiro atoms. The van der Waals surface area contributed by atoms with E-state index < -0.39 is 17.2 Å². The van der Waals surface area contributed by atoms with Gasteiger partial charge in [0.2, 0.25) is 0 Å². The first-order valence-corrected chi connectivity index (χ1v) is 14.7. The molecule has 2 N–H and O–H groups in total. The van der Waals surface area contributed by atoms with Gasteiger partial charge in [-0.3, -0.25) is 9.69 Å². The van der Waals surface area contributed by atoms with Crippen molar-refractivity contribution in [3.63, 3.8) is 0 Å². The van der Waals surface area contributed by atoms with Gasteiger partial charge in [-0.05, 0) is 46.4 Å². The maximum absolute atomic E-state index is 13.4. The molecule has 0 aromatic heterocycles. The number of esters is 1. The molecule has 1 aliphatic rings. The van der Waals surface area contributed by atoms with Gasteiger partial charge in [0.15, 0.2) is 0 Å². The van der Waals surface area contributed by atoms with E-state index in [2.05, 4.69) is 29.2 Å². The molecule has 43 heavy (non-hydrogen) atoms. The van der Waals surface area contributed by atoms with E-state index in [4.69, 9.17) is 4.74 Å². The Morgan fingerprint density at radius 1 is 0.674 bits per heavy atom. The summed E-state index contributed by atoms with van der Waals surface area (Å²) in [4.78, 5) is 15.5. The SMILES string of the molecule is COC(=O)C(CC1=CC(O)(Cc2ccccc2)C(O)(Cc2ccccc2)C=C1)N(Cc1ccccc1)Cc1ccccc1. The third-order valence-electron chi connectivity index (χ3n) is 8.18. The zero-order chi connectivity index (χ0) is 30.1. The van der Waals surface area contributed by atoms with E-state index in [9.17, 15) is 15.0 Å². The van der Waals surface area contributed by atoms with Gasteiger partial charge in [0.1, 0.15) is 17.2 Å². The van der Waals surface area contributed by atoms with E-state index >= 15 is 0 Å². The van der Waals surface area contributed by atoms with Crippen LogP contribution in [0, 0.1) is 0 Å². The molecule has 220 valence electrons. The number of hydrogen-bond acceptors (Lipinski definition) is 5. The van der Waals surface area contributed by atoms with Crippen molar-refractivity contribution < 1.29 is 19.7 Å². The smallest absolute Gasteiger partial charge is 0.323 e. The Kier molecular flexibility index (Phi) is 9.68. The Hall–Kier alpha value is -4.29. The topological polar surface area (TPSA) is 70.0 Å². The molecule has 0 saturated carbocycles. The standard InChI is InChI=1S/C38H39NO4/c1-43-36(40)35(39(28-32-18-10-4-11-19-32)29-33-20-12-5-13-21-33)24-34-22-23-37(41,25-30-14-6-2-7-15-30)38(42,27-34)26-31-16-8-3-9-17-31/h2-23,27,35,41-42H,24-26,28-29H2,1H3. The fourth-order valence-corrected chi connectivity index (χ4v) is 5.86. The Morgan fingerprint density at radius 3 is 1.53 bits per heavy atom. The van der Waals surface area contributed by atoms with E-state index in [0.717, 1.165) is 27.8 Å². The molecule has 1 aliphatic carbocycles. The molecule has 5 rings (SSSR count). The molecular weight excluding hydrogens is 534 g/mol. The average molecular weight is 574 g/mol. The molecule has 0 amide bonds. The first-order valence-electron chi connectivity index (χ1n) is 14.7. The molecule has 0 heterocycles. The summed E-state index contributed by atoms with van der Waals surface area (Å²) in [7, 11) is 1.41. The van der Waals surface area contributed by atoms with Crippen LogP contribution in [0.4, 0.5) is 0 Å². The maximum atomic E-state index is 13.4. The van der Waals surface area contributed by atoms with Crippen molar-refractivity contribution in [2.24, 2.45) is 0 Å². The minimum Gasteiger partial charge on any atom is -0.468 e. The normalized spacial score (nSPS) is 20.4. The minimum atomic E-state index is -1.61. The summed E-state index contributed by atoms with van der Waals surface area (Å²) in [6.07, 6.45) is 6.06. The van der Waals surface area contributed by atoms with Crippen molar-refractivity contribution >= 4 is 5.97 Å². The Morgan fingerprint density at radius 2 is 1.09 bits per heavy atom. The van der Waals surface area contributed by atoms with Gasteiger partial charge in [0.25, 0.3) is 0 Å². The number of rotatable bonds is 12. The van der Waals surface area contributed by atoms with Gasteiger partial charge in [0.05, 0.1) is 7.11 Å². The van der Waals surface area contributed by atoms with Crippen LogP contribution in [0.25, 0.3) is 0 Å². The van der Waals surface area contributed by atoms with Crippen molar-refractivity contribution in [3.8, 4) is 0 Å². The van der Waals surface area contributed by atoms with E-state index in [1.807, 2.05) is 103 Å². The van der Waals surface area contributed by atoms with Crippen molar-refractivity contribution in [3.05, 3.63) is 167 Å². The minimum absolute atomic E-state index is 0.214. The molecule has 0 radical (unpaired) electrons. The molecule has 5 heteroatoms.